The van der Waals surface area contributed by atoms with Crippen LogP contribution in [0.2, 0.25) is 0 Å². The second kappa shape index (κ2) is 7.27. The third-order valence-electron chi connectivity index (χ3n) is 5.00. The molecule has 2 aliphatic rings. The number of nitro groups is 1. The standard InChI is InChI=1S/C17H23N3O4/c21-16(13-3-1-4-15(11-13)20(23)24)12-18-9-6-14(7-10-18)19-8-2-5-17(19)22/h1,3-4,11,14,16,21H,2,5-10,12H2. The van der Waals surface area contributed by atoms with E-state index in [0.717, 1.165) is 38.9 Å². The average Bonchev–Trinajstić information content (AvgIpc) is 3.01. The second-order valence-corrected chi connectivity index (χ2v) is 6.59. The Morgan fingerprint density at radius 1 is 1.29 bits per heavy atom. The van der Waals surface area contributed by atoms with E-state index in [2.05, 4.69) is 4.90 Å². The molecular formula is C17H23N3O4. The highest BCUT2D eigenvalue weighted by molar-refractivity contribution is 5.78. The Kier molecular flexibility index (Phi) is 5.11. The summed E-state index contributed by atoms with van der Waals surface area (Å²) in [6.45, 7) is 3.00. The van der Waals surface area contributed by atoms with Crippen molar-refractivity contribution in [3.63, 3.8) is 0 Å². The number of rotatable bonds is 5. The van der Waals surface area contributed by atoms with Gasteiger partial charge in [-0.3, -0.25) is 14.9 Å². The van der Waals surface area contributed by atoms with Crippen molar-refractivity contribution in [1.82, 2.24) is 9.80 Å². The minimum Gasteiger partial charge on any atom is -0.387 e. The first-order valence-corrected chi connectivity index (χ1v) is 8.49. The Labute approximate surface area is 141 Å². The van der Waals surface area contributed by atoms with E-state index < -0.39 is 11.0 Å². The number of amides is 1. The van der Waals surface area contributed by atoms with E-state index in [1.807, 2.05) is 4.90 Å². The van der Waals surface area contributed by atoms with Gasteiger partial charge < -0.3 is 14.9 Å². The van der Waals surface area contributed by atoms with Crippen molar-refractivity contribution in [2.75, 3.05) is 26.2 Å². The van der Waals surface area contributed by atoms with Gasteiger partial charge in [-0.1, -0.05) is 12.1 Å². The van der Waals surface area contributed by atoms with Crippen LogP contribution in [0.5, 0.6) is 0 Å². The molecule has 2 fully saturated rings. The summed E-state index contributed by atoms with van der Waals surface area (Å²) < 4.78 is 0. The van der Waals surface area contributed by atoms with Gasteiger partial charge in [0.25, 0.3) is 5.69 Å². The van der Waals surface area contributed by atoms with Crippen molar-refractivity contribution in [2.45, 2.75) is 37.8 Å². The van der Waals surface area contributed by atoms with E-state index >= 15 is 0 Å². The van der Waals surface area contributed by atoms with Crippen LogP contribution in [0, 0.1) is 10.1 Å². The van der Waals surface area contributed by atoms with Gasteiger partial charge >= 0.3 is 0 Å². The molecule has 2 aliphatic heterocycles. The molecule has 0 aromatic heterocycles. The third-order valence-corrected chi connectivity index (χ3v) is 5.00. The lowest BCUT2D eigenvalue weighted by Crippen LogP contribution is -2.46. The molecule has 7 heteroatoms. The van der Waals surface area contributed by atoms with Gasteiger partial charge in [-0.05, 0) is 24.8 Å². The topological polar surface area (TPSA) is 86.9 Å². The summed E-state index contributed by atoms with van der Waals surface area (Å²) in [5, 5.41) is 21.2. The van der Waals surface area contributed by atoms with Crippen LogP contribution < -0.4 is 0 Å². The number of hydrogen-bond donors (Lipinski definition) is 1. The maximum Gasteiger partial charge on any atom is 0.269 e. The summed E-state index contributed by atoms with van der Waals surface area (Å²) in [7, 11) is 0. The molecule has 0 aliphatic carbocycles. The lowest BCUT2D eigenvalue weighted by atomic mass is 10.0. The van der Waals surface area contributed by atoms with Crippen LogP contribution in [-0.4, -0.2) is 58.0 Å². The molecule has 0 bridgehead atoms. The molecule has 1 atom stereocenters. The smallest absolute Gasteiger partial charge is 0.269 e. The lowest BCUT2D eigenvalue weighted by Gasteiger charge is -2.37. The molecule has 0 saturated carbocycles. The van der Waals surface area contributed by atoms with Crippen LogP contribution in [0.15, 0.2) is 24.3 Å². The number of non-ortho nitro benzene ring substituents is 1. The van der Waals surface area contributed by atoms with Crippen molar-refractivity contribution in [2.24, 2.45) is 0 Å². The Morgan fingerprint density at radius 3 is 2.67 bits per heavy atom. The number of piperidine rings is 1. The summed E-state index contributed by atoms with van der Waals surface area (Å²) in [5.41, 5.74) is 0.568. The van der Waals surface area contributed by atoms with Crippen LogP contribution in [0.1, 0.15) is 37.4 Å². The van der Waals surface area contributed by atoms with Gasteiger partial charge in [-0.2, -0.15) is 0 Å². The first-order valence-electron chi connectivity index (χ1n) is 8.49. The van der Waals surface area contributed by atoms with Crippen molar-refractivity contribution >= 4 is 11.6 Å². The van der Waals surface area contributed by atoms with Crippen LogP contribution in [0.3, 0.4) is 0 Å². The zero-order valence-electron chi connectivity index (χ0n) is 13.6. The van der Waals surface area contributed by atoms with Gasteiger partial charge in [0.2, 0.25) is 5.91 Å². The second-order valence-electron chi connectivity index (χ2n) is 6.59. The number of aliphatic hydroxyl groups is 1. The molecule has 0 spiro atoms. The zero-order chi connectivity index (χ0) is 17.1. The maximum absolute atomic E-state index is 11.8. The Balaban J connectivity index is 1.53. The minimum absolute atomic E-state index is 0.00203. The first kappa shape index (κ1) is 16.9. The largest absolute Gasteiger partial charge is 0.387 e. The Morgan fingerprint density at radius 2 is 2.04 bits per heavy atom. The molecule has 2 saturated heterocycles. The monoisotopic (exact) mass is 333 g/mol. The van der Waals surface area contributed by atoms with Crippen LogP contribution in [0.25, 0.3) is 0 Å². The van der Waals surface area contributed by atoms with E-state index in [0.29, 0.717) is 24.6 Å². The molecule has 130 valence electrons. The third kappa shape index (κ3) is 3.73. The van der Waals surface area contributed by atoms with Crippen molar-refractivity contribution < 1.29 is 14.8 Å². The number of hydrogen-bond acceptors (Lipinski definition) is 5. The average molecular weight is 333 g/mol. The summed E-state index contributed by atoms with van der Waals surface area (Å²) in [6.07, 6.45) is 2.74. The maximum atomic E-state index is 11.8. The molecular weight excluding hydrogens is 310 g/mol. The number of carbonyl (C=O) groups excluding carboxylic acids is 1. The van der Waals surface area contributed by atoms with Crippen LogP contribution >= 0.6 is 0 Å². The van der Waals surface area contributed by atoms with E-state index in [9.17, 15) is 20.0 Å². The SMILES string of the molecule is O=C1CCCN1C1CCN(CC(O)c2cccc([N+](=O)[O-])c2)CC1. The molecule has 1 aromatic carbocycles. The molecule has 1 aromatic rings. The Hall–Kier alpha value is -1.99. The van der Waals surface area contributed by atoms with E-state index in [4.69, 9.17) is 0 Å². The molecule has 24 heavy (non-hydrogen) atoms. The van der Waals surface area contributed by atoms with Gasteiger partial charge in [0.15, 0.2) is 0 Å². The van der Waals surface area contributed by atoms with E-state index in [1.165, 1.54) is 12.1 Å². The summed E-state index contributed by atoms with van der Waals surface area (Å²) >= 11 is 0. The van der Waals surface area contributed by atoms with Crippen molar-refractivity contribution in [3.05, 3.63) is 39.9 Å². The normalized spacial score (nSPS) is 21.2. The predicted octanol–water partition coefficient (Wildman–Crippen LogP) is 1.71. The predicted molar refractivity (Wildman–Crippen MR) is 88.5 cm³/mol. The summed E-state index contributed by atoms with van der Waals surface area (Å²) in [6, 6.07) is 6.50. The number of likely N-dealkylation sites (tertiary alicyclic amines) is 2. The molecule has 0 radical (unpaired) electrons. The molecule has 7 nitrogen and oxygen atoms in total. The quantitative estimate of drug-likeness (QED) is 0.655. The number of nitrogens with zero attached hydrogens (tertiary/aromatic N) is 3. The van der Waals surface area contributed by atoms with Gasteiger partial charge in [-0.25, -0.2) is 0 Å². The van der Waals surface area contributed by atoms with Gasteiger partial charge in [-0.15, -0.1) is 0 Å². The first-order chi connectivity index (χ1) is 11.5. The molecule has 2 heterocycles. The number of aliphatic hydroxyl groups excluding tert-OH is 1. The molecule has 1 amide bonds. The fourth-order valence-electron chi connectivity index (χ4n) is 3.66. The van der Waals surface area contributed by atoms with Crippen LogP contribution in [0.4, 0.5) is 5.69 Å². The number of β-amino-alcohol motifs (C(OH)–C–C–N with tert-alkyl or cyclic N) is 1. The summed E-state index contributed by atoms with van der Waals surface area (Å²) in [5.74, 6) is 0.269. The van der Waals surface area contributed by atoms with Gasteiger partial charge in [0.1, 0.15) is 0 Å². The number of nitro benzene ring substituents is 1. The highest BCUT2D eigenvalue weighted by Gasteiger charge is 2.31. The molecule has 3 rings (SSSR count). The van der Waals surface area contributed by atoms with E-state index in [-0.39, 0.29) is 11.6 Å². The molecule has 1 unspecified atom stereocenters. The molecule has 1 N–H and O–H groups in total. The zero-order valence-corrected chi connectivity index (χ0v) is 13.6. The number of benzene rings is 1. The van der Waals surface area contributed by atoms with Crippen molar-refractivity contribution in [1.29, 1.82) is 0 Å². The summed E-state index contributed by atoms with van der Waals surface area (Å²) in [4.78, 5) is 26.4. The fraction of sp³-hybridized carbons (Fsp3) is 0.588. The van der Waals surface area contributed by atoms with E-state index in [1.54, 1.807) is 12.1 Å². The highest BCUT2D eigenvalue weighted by Crippen LogP contribution is 2.24. The van der Waals surface area contributed by atoms with Gasteiger partial charge in [0.05, 0.1) is 11.0 Å². The minimum atomic E-state index is -0.741. The van der Waals surface area contributed by atoms with Gasteiger partial charge in [0, 0.05) is 50.8 Å². The lowest BCUT2D eigenvalue weighted by molar-refractivity contribution is -0.385. The highest BCUT2D eigenvalue weighted by atomic mass is 16.6. The van der Waals surface area contributed by atoms with Crippen molar-refractivity contribution in [3.8, 4) is 0 Å². The fourth-order valence-corrected chi connectivity index (χ4v) is 3.66. The van der Waals surface area contributed by atoms with Crippen LogP contribution in [-0.2, 0) is 4.79 Å². The number of carbonyl (C=O) groups is 1. The Bertz CT molecular complexity index is 614.